The molecule has 144 valence electrons. The first-order valence-corrected chi connectivity index (χ1v) is 10.4. The van der Waals surface area contributed by atoms with E-state index >= 15 is 0 Å². The minimum Gasteiger partial charge on any atom is -0.497 e. The van der Waals surface area contributed by atoms with Gasteiger partial charge in [-0.05, 0) is 51.8 Å². The topological polar surface area (TPSA) is 50.8 Å². The van der Waals surface area contributed by atoms with E-state index < -0.39 is 0 Å². The number of nitrogens with zero attached hydrogens (tertiary/aromatic N) is 1. The van der Waals surface area contributed by atoms with Gasteiger partial charge in [0.15, 0.2) is 0 Å². The molecule has 1 saturated heterocycles. The van der Waals surface area contributed by atoms with Gasteiger partial charge in [0, 0.05) is 30.6 Å². The molecule has 0 radical (unpaired) electrons. The van der Waals surface area contributed by atoms with Crippen LogP contribution >= 0.6 is 27.3 Å². The van der Waals surface area contributed by atoms with Crippen molar-refractivity contribution in [3.8, 4) is 5.75 Å². The third-order valence-corrected chi connectivity index (χ3v) is 6.04. The number of methoxy groups -OCH3 is 1. The Morgan fingerprint density at radius 3 is 2.67 bits per heavy atom. The Morgan fingerprint density at radius 2 is 2.04 bits per heavy atom. The molecular weight excluding hydrogens is 428 g/mol. The van der Waals surface area contributed by atoms with Gasteiger partial charge in [-0.15, -0.1) is 11.3 Å². The fourth-order valence-corrected chi connectivity index (χ4v) is 4.33. The molecule has 0 aliphatic carbocycles. The van der Waals surface area contributed by atoms with Gasteiger partial charge in [0.05, 0.1) is 30.2 Å². The fourth-order valence-electron chi connectivity index (χ4n) is 3.00. The highest BCUT2D eigenvalue weighted by Gasteiger charge is 2.23. The SMILES string of the molecule is COc1ccc(C(CNC(=O)/C=C/c2ccc(Br)s2)N2CCOCC2)cc1. The molecule has 1 fully saturated rings. The van der Waals surface area contributed by atoms with Gasteiger partial charge in [0.2, 0.25) is 5.91 Å². The van der Waals surface area contributed by atoms with Crippen molar-refractivity contribution in [2.75, 3.05) is 40.0 Å². The van der Waals surface area contributed by atoms with Crippen LogP contribution in [0.1, 0.15) is 16.5 Å². The molecule has 1 aliphatic rings. The predicted molar refractivity (Wildman–Crippen MR) is 112 cm³/mol. The Morgan fingerprint density at radius 1 is 1.30 bits per heavy atom. The molecule has 1 unspecified atom stereocenters. The number of hydrogen-bond acceptors (Lipinski definition) is 5. The van der Waals surface area contributed by atoms with Crippen molar-refractivity contribution in [1.29, 1.82) is 0 Å². The third kappa shape index (κ3) is 5.90. The Hall–Kier alpha value is -1.67. The molecule has 1 N–H and O–H groups in total. The van der Waals surface area contributed by atoms with Crippen LogP contribution in [0.15, 0.2) is 46.3 Å². The standard InChI is InChI=1S/C20H23BrN2O3S/c1-25-16-4-2-15(3-5-16)18(23-10-12-26-13-11-23)14-22-20(24)9-7-17-6-8-19(21)27-17/h2-9,18H,10-14H2,1H3,(H,22,24)/b9-7+. The highest BCUT2D eigenvalue weighted by molar-refractivity contribution is 9.11. The number of benzene rings is 1. The molecule has 1 aliphatic heterocycles. The van der Waals surface area contributed by atoms with E-state index in [0.29, 0.717) is 19.8 Å². The van der Waals surface area contributed by atoms with Crippen molar-refractivity contribution in [1.82, 2.24) is 10.2 Å². The first-order valence-electron chi connectivity index (χ1n) is 8.82. The second kappa shape index (κ2) is 10.0. The molecule has 0 spiro atoms. The van der Waals surface area contributed by atoms with Crippen LogP contribution in [0.5, 0.6) is 5.75 Å². The summed E-state index contributed by atoms with van der Waals surface area (Å²) in [5, 5.41) is 3.04. The summed E-state index contributed by atoms with van der Waals surface area (Å²) in [4.78, 5) is 15.7. The third-order valence-electron chi connectivity index (χ3n) is 4.45. The van der Waals surface area contributed by atoms with E-state index in [1.807, 2.05) is 30.3 Å². The summed E-state index contributed by atoms with van der Waals surface area (Å²) in [5.74, 6) is 0.736. The second-order valence-electron chi connectivity index (χ2n) is 6.16. The molecule has 1 amide bonds. The average Bonchev–Trinajstić information content (AvgIpc) is 3.13. The number of amides is 1. The number of rotatable bonds is 7. The number of carbonyl (C=O) groups excluding carboxylic acids is 1. The van der Waals surface area contributed by atoms with Crippen LogP contribution in [0.4, 0.5) is 0 Å². The molecule has 0 saturated carbocycles. The van der Waals surface area contributed by atoms with Gasteiger partial charge in [-0.25, -0.2) is 0 Å². The van der Waals surface area contributed by atoms with Crippen LogP contribution in [0, 0.1) is 0 Å². The lowest BCUT2D eigenvalue weighted by Crippen LogP contribution is -2.43. The number of nitrogens with one attached hydrogen (secondary N) is 1. The van der Waals surface area contributed by atoms with Crippen LogP contribution in [0.25, 0.3) is 6.08 Å². The Labute approximate surface area is 172 Å². The highest BCUT2D eigenvalue weighted by Crippen LogP contribution is 2.24. The van der Waals surface area contributed by atoms with Crippen molar-refractivity contribution >= 4 is 39.2 Å². The monoisotopic (exact) mass is 450 g/mol. The number of hydrogen-bond donors (Lipinski definition) is 1. The Balaban J connectivity index is 1.65. The van der Waals surface area contributed by atoms with E-state index in [0.717, 1.165) is 33.1 Å². The van der Waals surface area contributed by atoms with Gasteiger partial charge in [-0.2, -0.15) is 0 Å². The lowest BCUT2D eigenvalue weighted by atomic mass is 10.0. The van der Waals surface area contributed by atoms with Crippen LogP contribution < -0.4 is 10.1 Å². The maximum atomic E-state index is 12.3. The number of thiophene rings is 1. The Kier molecular flexibility index (Phi) is 7.46. The van der Waals surface area contributed by atoms with E-state index in [9.17, 15) is 4.79 Å². The molecular formula is C20H23BrN2O3S. The highest BCUT2D eigenvalue weighted by atomic mass is 79.9. The zero-order valence-electron chi connectivity index (χ0n) is 15.2. The van der Waals surface area contributed by atoms with Crippen molar-refractivity contribution in [3.05, 3.63) is 56.7 Å². The fraction of sp³-hybridized carbons (Fsp3) is 0.350. The molecule has 0 bridgehead atoms. The number of morpholine rings is 1. The Bertz CT molecular complexity index is 770. The van der Waals surface area contributed by atoms with Crippen LogP contribution in [0.2, 0.25) is 0 Å². The van der Waals surface area contributed by atoms with Crippen molar-refractivity contribution < 1.29 is 14.3 Å². The molecule has 2 heterocycles. The van der Waals surface area contributed by atoms with Gasteiger partial charge >= 0.3 is 0 Å². The molecule has 1 atom stereocenters. The number of halogens is 1. The van der Waals surface area contributed by atoms with Crippen LogP contribution in [-0.4, -0.2) is 50.8 Å². The van der Waals surface area contributed by atoms with Crippen LogP contribution in [0.3, 0.4) is 0 Å². The molecule has 2 aromatic rings. The van der Waals surface area contributed by atoms with E-state index in [1.54, 1.807) is 24.5 Å². The summed E-state index contributed by atoms with van der Waals surface area (Å²) < 4.78 is 11.8. The summed E-state index contributed by atoms with van der Waals surface area (Å²) in [6, 6.07) is 12.1. The van der Waals surface area contributed by atoms with Crippen molar-refractivity contribution in [2.45, 2.75) is 6.04 Å². The van der Waals surface area contributed by atoms with Crippen molar-refractivity contribution in [3.63, 3.8) is 0 Å². The molecule has 5 nitrogen and oxygen atoms in total. The predicted octanol–water partition coefficient (Wildman–Crippen LogP) is 3.72. The quantitative estimate of drug-likeness (QED) is 0.652. The number of ether oxygens (including phenoxy) is 2. The van der Waals surface area contributed by atoms with Gasteiger partial charge in [0.25, 0.3) is 0 Å². The first-order chi connectivity index (χ1) is 13.2. The molecule has 1 aromatic carbocycles. The van der Waals surface area contributed by atoms with Gasteiger partial charge in [-0.3, -0.25) is 9.69 Å². The minimum atomic E-state index is -0.0914. The molecule has 3 rings (SSSR count). The summed E-state index contributed by atoms with van der Waals surface area (Å²) in [6.45, 7) is 3.68. The zero-order valence-corrected chi connectivity index (χ0v) is 17.6. The summed E-state index contributed by atoms with van der Waals surface area (Å²) in [5.41, 5.74) is 1.16. The molecule has 7 heteroatoms. The lowest BCUT2D eigenvalue weighted by Gasteiger charge is -2.34. The summed E-state index contributed by atoms with van der Waals surface area (Å²) in [7, 11) is 1.66. The summed E-state index contributed by atoms with van der Waals surface area (Å²) >= 11 is 5.02. The van der Waals surface area contributed by atoms with Crippen molar-refractivity contribution in [2.24, 2.45) is 0 Å². The zero-order chi connectivity index (χ0) is 19.1. The van der Waals surface area contributed by atoms with Gasteiger partial charge in [-0.1, -0.05) is 12.1 Å². The maximum Gasteiger partial charge on any atom is 0.244 e. The smallest absolute Gasteiger partial charge is 0.244 e. The van der Waals surface area contributed by atoms with E-state index in [4.69, 9.17) is 9.47 Å². The first kappa shape index (κ1) is 20.1. The summed E-state index contributed by atoms with van der Waals surface area (Å²) in [6.07, 6.45) is 3.42. The number of carbonyl (C=O) groups is 1. The lowest BCUT2D eigenvalue weighted by molar-refractivity contribution is -0.116. The largest absolute Gasteiger partial charge is 0.497 e. The molecule has 1 aromatic heterocycles. The van der Waals surface area contributed by atoms with E-state index in [2.05, 4.69) is 38.3 Å². The minimum absolute atomic E-state index is 0.0914. The normalized spacial score (nSPS) is 16.4. The van der Waals surface area contributed by atoms with Gasteiger partial charge in [0.1, 0.15) is 5.75 Å². The second-order valence-corrected chi connectivity index (χ2v) is 8.65. The van der Waals surface area contributed by atoms with E-state index in [-0.39, 0.29) is 11.9 Å². The molecule has 27 heavy (non-hydrogen) atoms. The van der Waals surface area contributed by atoms with Crippen LogP contribution in [-0.2, 0) is 9.53 Å². The maximum absolute atomic E-state index is 12.3. The average molecular weight is 451 g/mol. The van der Waals surface area contributed by atoms with E-state index in [1.165, 1.54) is 0 Å². The van der Waals surface area contributed by atoms with Gasteiger partial charge < -0.3 is 14.8 Å².